The van der Waals surface area contributed by atoms with Gasteiger partial charge in [0.05, 0.1) is 31.6 Å². The van der Waals surface area contributed by atoms with E-state index in [9.17, 15) is 14.5 Å². The first kappa shape index (κ1) is 23.7. The summed E-state index contributed by atoms with van der Waals surface area (Å²) in [5.41, 5.74) is 1.68. The molecule has 1 atom stereocenters. The number of aryl methyl sites for hydroxylation is 1. The molecule has 3 aromatic rings. The topological polar surface area (TPSA) is 131 Å². The van der Waals surface area contributed by atoms with Gasteiger partial charge in [-0.2, -0.15) is 4.98 Å². The second kappa shape index (κ2) is 9.19. The van der Waals surface area contributed by atoms with E-state index in [-0.39, 0.29) is 19.5 Å². The van der Waals surface area contributed by atoms with E-state index >= 15 is 0 Å². The Balaban J connectivity index is 1.38. The van der Waals surface area contributed by atoms with Gasteiger partial charge < -0.3 is 29.7 Å². The van der Waals surface area contributed by atoms with Gasteiger partial charge in [0.25, 0.3) is 0 Å². The van der Waals surface area contributed by atoms with Crippen LogP contribution in [0.1, 0.15) is 16.8 Å². The van der Waals surface area contributed by atoms with Crippen molar-refractivity contribution in [2.75, 3.05) is 36.2 Å². The Hall–Kier alpha value is -3.05. The third-order valence-corrected chi connectivity index (χ3v) is 7.88. The van der Waals surface area contributed by atoms with Gasteiger partial charge >= 0.3 is 5.97 Å². The number of carbonyl (C=O) groups is 1. The minimum atomic E-state index is -1.21. The average molecular weight is 515 g/mol. The van der Waals surface area contributed by atoms with Crippen LogP contribution in [0.4, 0.5) is 17.5 Å². The maximum absolute atomic E-state index is 12.6. The number of aromatic nitrogens is 2. The number of carboxylic acids is 1. The maximum atomic E-state index is 12.6. The van der Waals surface area contributed by atoms with Crippen LogP contribution in [0.3, 0.4) is 0 Å². The molecule has 2 aliphatic heterocycles. The molecule has 0 aliphatic carbocycles. The lowest BCUT2D eigenvalue weighted by Gasteiger charge is -2.46. The summed E-state index contributed by atoms with van der Waals surface area (Å²) in [5.74, 6) is 1.02. The second-order valence-corrected chi connectivity index (χ2v) is 10.5. The number of methoxy groups -OCH3 is 1. The van der Waals surface area contributed by atoms with Crippen LogP contribution in [0.5, 0.6) is 5.75 Å². The number of aliphatic carboxylic acids is 1. The van der Waals surface area contributed by atoms with Crippen molar-refractivity contribution >= 4 is 46.2 Å². The first-order valence-electron chi connectivity index (χ1n) is 10.9. The number of fused-ring (bicyclic) bond motifs is 1. The Morgan fingerprint density at radius 1 is 1.26 bits per heavy atom. The lowest BCUT2D eigenvalue weighted by Crippen LogP contribution is -2.60. The first-order valence-corrected chi connectivity index (χ1v) is 12.6. The molecule has 0 saturated carbocycles. The molecule has 3 heterocycles. The predicted octanol–water partition coefficient (Wildman–Crippen LogP) is 2.88. The van der Waals surface area contributed by atoms with Crippen molar-refractivity contribution in [1.82, 2.24) is 9.97 Å². The number of aliphatic hydroxyl groups is 1. The number of nitrogens with zero attached hydrogens (tertiary/aromatic N) is 3. The van der Waals surface area contributed by atoms with Crippen molar-refractivity contribution in [3.63, 3.8) is 0 Å². The average Bonchev–Trinajstić information content (AvgIpc) is 3.18. The summed E-state index contributed by atoms with van der Waals surface area (Å²) in [6.07, 6.45) is 0.518. The van der Waals surface area contributed by atoms with E-state index in [0.717, 1.165) is 5.69 Å². The fourth-order valence-electron chi connectivity index (χ4n) is 4.29. The maximum Gasteiger partial charge on any atom is 0.307 e. The molecule has 0 spiro atoms. The zero-order valence-corrected chi connectivity index (χ0v) is 20.4. The van der Waals surface area contributed by atoms with Gasteiger partial charge in [-0.05, 0) is 46.6 Å². The zero-order chi connectivity index (χ0) is 24.7. The van der Waals surface area contributed by atoms with Gasteiger partial charge in [-0.3, -0.25) is 4.79 Å². The lowest BCUT2D eigenvalue weighted by molar-refractivity contribution is -0.136. The van der Waals surface area contributed by atoms with Gasteiger partial charge in [-0.1, -0.05) is 29.8 Å². The molecule has 9 nitrogen and oxygen atoms in total. The summed E-state index contributed by atoms with van der Waals surface area (Å²) < 4.78 is 17.8. The lowest BCUT2D eigenvalue weighted by atomic mass is 9.86. The van der Waals surface area contributed by atoms with Crippen LogP contribution >= 0.6 is 11.6 Å². The number of β-amino-alcohol motifs (C(OH)–C–C–N with tert-alkyl or cyclic N) is 1. The Kier molecular flexibility index (Phi) is 6.22. The number of anilines is 3. The van der Waals surface area contributed by atoms with Gasteiger partial charge in [0.2, 0.25) is 10.8 Å². The molecule has 1 saturated heterocycles. The molecule has 35 heavy (non-hydrogen) atoms. The third kappa shape index (κ3) is 4.62. The predicted molar refractivity (Wildman–Crippen MR) is 132 cm³/mol. The smallest absolute Gasteiger partial charge is 0.307 e. The molecule has 1 fully saturated rings. The largest absolute Gasteiger partial charge is 0.611 e. The zero-order valence-electron chi connectivity index (χ0n) is 18.8. The van der Waals surface area contributed by atoms with Crippen LogP contribution in [0.15, 0.2) is 47.4 Å². The van der Waals surface area contributed by atoms with Gasteiger partial charge in [0, 0.05) is 12.1 Å². The highest BCUT2D eigenvalue weighted by Crippen LogP contribution is 2.39. The Morgan fingerprint density at radius 3 is 2.66 bits per heavy atom. The van der Waals surface area contributed by atoms with E-state index in [1.54, 1.807) is 42.5 Å². The van der Waals surface area contributed by atoms with Crippen LogP contribution in [-0.4, -0.2) is 56.7 Å². The molecule has 11 heteroatoms. The molecular formula is C24H23ClN4O5S. The molecule has 0 bridgehead atoms. The number of carboxylic acid groups (broad SMARTS) is 1. The first-order chi connectivity index (χ1) is 16.8. The van der Waals surface area contributed by atoms with Crippen molar-refractivity contribution in [3.8, 4) is 5.75 Å². The Morgan fingerprint density at radius 2 is 2.00 bits per heavy atom. The van der Waals surface area contributed by atoms with Crippen LogP contribution in [0, 0.1) is 0 Å². The van der Waals surface area contributed by atoms with Gasteiger partial charge in [-0.15, -0.1) is 0 Å². The summed E-state index contributed by atoms with van der Waals surface area (Å²) in [4.78, 5) is 22.7. The summed E-state index contributed by atoms with van der Waals surface area (Å²) in [6, 6.07) is 12.2. The Labute approximate surface area is 209 Å². The SMILES string of the molecule is COc1ccc(C2(O)CN(c3nc4c(c(Nc5ccc(CC(=O)O)cc5)n3)[S@+]([O-])CC4)C2)cc1Cl. The highest BCUT2D eigenvalue weighted by atomic mass is 35.5. The van der Waals surface area contributed by atoms with Gasteiger partial charge in [0.1, 0.15) is 22.8 Å². The molecule has 2 aromatic carbocycles. The van der Waals surface area contributed by atoms with Gasteiger partial charge in [0.15, 0.2) is 5.82 Å². The highest BCUT2D eigenvalue weighted by molar-refractivity contribution is 7.91. The van der Waals surface area contributed by atoms with Crippen molar-refractivity contribution in [3.05, 3.63) is 64.3 Å². The fourth-order valence-corrected chi connectivity index (χ4v) is 5.86. The normalized spacial score (nSPS) is 18.1. The van der Waals surface area contributed by atoms with Crippen molar-refractivity contribution in [2.45, 2.75) is 23.3 Å². The van der Waals surface area contributed by atoms with E-state index in [1.807, 2.05) is 4.90 Å². The fraction of sp³-hybridized carbons (Fsp3) is 0.292. The number of hydrogen-bond donors (Lipinski definition) is 3. The molecule has 3 N–H and O–H groups in total. The Bertz CT molecular complexity index is 1280. The van der Waals surface area contributed by atoms with Gasteiger partial charge in [-0.25, -0.2) is 4.98 Å². The number of hydrogen-bond acceptors (Lipinski definition) is 8. The van der Waals surface area contributed by atoms with E-state index in [0.29, 0.717) is 56.4 Å². The number of benzene rings is 2. The number of halogens is 1. The molecule has 0 unspecified atom stereocenters. The van der Waals surface area contributed by atoms with E-state index in [2.05, 4.69) is 15.3 Å². The number of ether oxygens (including phenoxy) is 1. The van der Waals surface area contributed by atoms with E-state index < -0.39 is 22.7 Å². The van der Waals surface area contributed by atoms with Crippen LogP contribution in [0.25, 0.3) is 0 Å². The molecule has 182 valence electrons. The molecule has 1 aromatic heterocycles. The summed E-state index contributed by atoms with van der Waals surface area (Å²) in [6.45, 7) is 0.557. The van der Waals surface area contributed by atoms with Crippen LogP contribution in [-0.2, 0) is 34.4 Å². The number of rotatable bonds is 7. The van der Waals surface area contributed by atoms with E-state index in [4.69, 9.17) is 21.4 Å². The monoisotopic (exact) mass is 514 g/mol. The standard InChI is InChI=1S/C24H23ClN4O5S/c1-34-19-7-4-15(11-17(19)25)24(32)12-29(13-24)23-27-18-8-9-35(33)21(18)22(28-23)26-16-5-2-14(3-6-16)10-20(30)31/h2-7,11,32H,8-10,12-13H2,1H3,(H,30,31)(H,26,27,28)/t35-/m1/s1. The third-order valence-electron chi connectivity index (χ3n) is 6.12. The highest BCUT2D eigenvalue weighted by Gasteiger charge is 2.45. The molecule has 5 rings (SSSR count). The van der Waals surface area contributed by atoms with E-state index in [1.165, 1.54) is 7.11 Å². The van der Waals surface area contributed by atoms with Crippen molar-refractivity contribution in [2.24, 2.45) is 0 Å². The number of nitrogens with one attached hydrogen (secondary N) is 1. The summed E-state index contributed by atoms with van der Waals surface area (Å²) in [7, 11) is 1.54. The minimum Gasteiger partial charge on any atom is -0.611 e. The molecular weight excluding hydrogens is 492 g/mol. The quantitative estimate of drug-likeness (QED) is 0.407. The summed E-state index contributed by atoms with van der Waals surface area (Å²) >= 11 is 5.03. The summed E-state index contributed by atoms with van der Waals surface area (Å²) in [5, 5.41) is 23.7. The molecule has 0 radical (unpaired) electrons. The van der Waals surface area contributed by atoms with Crippen molar-refractivity contribution < 1.29 is 24.3 Å². The van der Waals surface area contributed by atoms with Crippen LogP contribution in [0.2, 0.25) is 5.02 Å². The van der Waals surface area contributed by atoms with Crippen LogP contribution < -0.4 is 15.0 Å². The molecule has 0 amide bonds. The minimum absolute atomic E-state index is 0.0609. The molecule has 2 aliphatic rings. The van der Waals surface area contributed by atoms with Crippen molar-refractivity contribution in [1.29, 1.82) is 0 Å². The second-order valence-electron chi connectivity index (χ2n) is 8.58.